The van der Waals surface area contributed by atoms with E-state index < -0.39 is 0 Å². The Balaban J connectivity index is 3.04. The molecule has 4 nitrogen and oxygen atoms in total. The van der Waals surface area contributed by atoms with Gasteiger partial charge in [-0.2, -0.15) is 0 Å². The molecule has 0 aliphatic heterocycles. The Morgan fingerprint density at radius 2 is 2.31 bits per heavy atom. The molecule has 0 aliphatic rings. The summed E-state index contributed by atoms with van der Waals surface area (Å²) in [6.07, 6.45) is 0. The number of nitrogens with one attached hydrogen (secondary N) is 2. The van der Waals surface area contributed by atoms with Crippen LogP contribution in [-0.4, -0.2) is 17.0 Å². The van der Waals surface area contributed by atoms with Crippen LogP contribution in [0.5, 0.6) is 0 Å². The van der Waals surface area contributed by atoms with E-state index in [1.807, 2.05) is 20.9 Å². The van der Waals surface area contributed by atoms with Crippen molar-refractivity contribution in [1.29, 1.82) is 0 Å². The molecule has 0 aromatic carbocycles. The van der Waals surface area contributed by atoms with Gasteiger partial charge in [0, 0.05) is 6.07 Å². The highest BCUT2D eigenvalue weighted by molar-refractivity contribution is 5.06. The van der Waals surface area contributed by atoms with E-state index in [0.29, 0.717) is 12.4 Å². The fourth-order valence-corrected chi connectivity index (χ4v) is 1.08. The lowest BCUT2D eigenvalue weighted by Crippen LogP contribution is -2.17. The van der Waals surface area contributed by atoms with Crippen LogP contribution in [0.25, 0.3) is 0 Å². The molecular weight excluding hydrogens is 166 g/mol. The number of rotatable bonds is 3. The van der Waals surface area contributed by atoms with E-state index in [9.17, 15) is 4.79 Å². The van der Waals surface area contributed by atoms with Crippen LogP contribution in [-0.2, 0) is 6.54 Å². The predicted octanol–water partition coefficient (Wildman–Crippen LogP) is 0.613. The first-order valence-corrected chi connectivity index (χ1v) is 4.38. The quantitative estimate of drug-likeness (QED) is 0.718. The van der Waals surface area contributed by atoms with Crippen molar-refractivity contribution in [2.45, 2.75) is 26.3 Å². The average molecular weight is 181 g/mol. The summed E-state index contributed by atoms with van der Waals surface area (Å²) in [6, 6.07) is 1.55. The van der Waals surface area contributed by atoms with Crippen molar-refractivity contribution in [3.05, 3.63) is 27.9 Å². The number of nitrogens with zero attached hydrogens (tertiary/aromatic N) is 1. The number of H-pyrrole nitrogens is 1. The lowest BCUT2D eigenvalue weighted by atomic mass is 10.1. The second-order valence-corrected chi connectivity index (χ2v) is 3.30. The van der Waals surface area contributed by atoms with Crippen molar-refractivity contribution in [3.63, 3.8) is 0 Å². The van der Waals surface area contributed by atoms with Crippen molar-refractivity contribution < 1.29 is 0 Å². The zero-order chi connectivity index (χ0) is 9.84. The van der Waals surface area contributed by atoms with Gasteiger partial charge in [-0.3, -0.25) is 4.79 Å². The zero-order valence-corrected chi connectivity index (χ0v) is 8.22. The van der Waals surface area contributed by atoms with E-state index >= 15 is 0 Å². The van der Waals surface area contributed by atoms with Gasteiger partial charge in [0.05, 0.1) is 12.2 Å². The van der Waals surface area contributed by atoms with Crippen LogP contribution >= 0.6 is 0 Å². The van der Waals surface area contributed by atoms with Crippen LogP contribution in [0.4, 0.5) is 0 Å². The Labute approximate surface area is 77.4 Å². The highest BCUT2D eigenvalue weighted by atomic mass is 16.1. The maximum Gasteiger partial charge on any atom is 0.251 e. The maximum absolute atomic E-state index is 11.2. The first-order chi connectivity index (χ1) is 6.13. The summed E-state index contributed by atoms with van der Waals surface area (Å²) in [4.78, 5) is 18.1. The molecule has 72 valence electrons. The molecule has 0 radical (unpaired) electrons. The molecule has 1 rings (SSSR count). The van der Waals surface area contributed by atoms with Gasteiger partial charge in [-0.15, -0.1) is 0 Å². The summed E-state index contributed by atoms with van der Waals surface area (Å²) in [7, 11) is 1.82. The fourth-order valence-electron chi connectivity index (χ4n) is 1.08. The third-order valence-electron chi connectivity index (χ3n) is 1.75. The summed E-state index contributed by atoms with van der Waals surface area (Å²) < 4.78 is 0. The van der Waals surface area contributed by atoms with Gasteiger partial charge in [-0.1, -0.05) is 13.8 Å². The monoisotopic (exact) mass is 181 g/mol. The highest BCUT2D eigenvalue weighted by Gasteiger charge is 2.03. The van der Waals surface area contributed by atoms with Gasteiger partial charge in [-0.05, 0) is 13.0 Å². The molecule has 13 heavy (non-hydrogen) atoms. The number of hydrogen-bond donors (Lipinski definition) is 2. The molecule has 1 aromatic rings. The topological polar surface area (TPSA) is 57.8 Å². The molecule has 0 spiro atoms. The van der Waals surface area contributed by atoms with Crippen molar-refractivity contribution in [2.75, 3.05) is 7.05 Å². The van der Waals surface area contributed by atoms with Crippen LogP contribution in [0.3, 0.4) is 0 Å². The molecule has 4 heteroatoms. The van der Waals surface area contributed by atoms with Crippen LogP contribution < -0.4 is 10.9 Å². The van der Waals surface area contributed by atoms with Gasteiger partial charge in [0.25, 0.3) is 5.56 Å². The van der Waals surface area contributed by atoms with E-state index in [0.717, 1.165) is 5.69 Å². The molecule has 0 fully saturated rings. The molecule has 0 atom stereocenters. The van der Waals surface area contributed by atoms with Gasteiger partial charge in [0.15, 0.2) is 0 Å². The lowest BCUT2D eigenvalue weighted by molar-refractivity contribution is 0.719. The van der Waals surface area contributed by atoms with Crippen molar-refractivity contribution >= 4 is 0 Å². The molecule has 0 unspecified atom stereocenters. The van der Waals surface area contributed by atoms with Crippen molar-refractivity contribution in [1.82, 2.24) is 15.3 Å². The standard InChI is InChI=1S/C9H15N3O/c1-6(2)7-4-9(13)12-8(11-7)5-10-3/h4,6,10H,5H2,1-3H3,(H,11,12,13). The summed E-state index contributed by atoms with van der Waals surface area (Å²) in [6.45, 7) is 4.63. The Bertz CT molecular complexity index is 330. The van der Waals surface area contributed by atoms with Gasteiger partial charge in [0.1, 0.15) is 5.82 Å². The molecule has 0 bridgehead atoms. The maximum atomic E-state index is 11.2. The summed E-state index contributed by atoms with van der Waals surface area (Å²) >= 11 is 0. The SMILES string of the molecule is CNCc1nc(C(C)C)cc(=O)[nH]1. The predicted molar refractivity (Wildman–Crippen MR) is 51.7 cm³/mol. The Hall–Kier alpha value is -1.16. The summed E-state index contributed by atoms with van der Waals surface area (Å²) in [5.74, 6) is 0.983. The Morgan fingerprint density at radius 1 is 1.62 bits per heavy atom. The van der Waals surface area contributed by atoms with E-state index in [4.69, 9.17) is 0 Å². The van der Waals surface area contributed by atoms with Gasteiger partial charge in [0.2, 0.25) is 0 Å². The number of hydrogen-bond acceptors (Lipinski definition) is 3. The third kappa shape index (κ3) is 2.66. The Morgan fingerprint density at radius 3 is 2.85 bits per heavy atom. The molecule has 1 aromatic heterocycles. The van der Waals surface area contributed by atoms with E-state index in [1.165, 1.54) is 0 Å². The summed E-state index contributed by atoms with van der Waals surface area (Å²) in [5, 5.41) is 2.94. The minimum Gasteiger partial charge on any atom is -0.313 e. The lowest BCUT2D eigenvalue weighted by Gasteiger charge is -2.05. The van der Waals surface area contributed by atoms with E-state index in [-0.39, 0.29) is 11.5 Å². The average Bonchev–Trinajstić information content (AvgIpc) is 2.03. The van der Waals surface area contributed by atoms with Gasteiger partial charge in [-0.25, -0.2) is 4.98 Å². The fraction of sp³-hybridized carbons (Fsp3) is 0.556. The largest absolute Gasteiger partial charge is 0.313 e. The minimum atomic E-state index is -0.0797. The number of aromatic amines is 1. The van der Waals surface area contributed by atoms with E-state index in [1.54, 1.807) is 6.07 Å². The molecule has 2 N–H and O–H groups in total. The van der Waals surface area contributed by atoms with Crippen molar-refractivity contribution in [3.8, 4) is 0 Å². The van der Waals surface area contributed by atoms with Gasteiger partial charge < -0.3 is 10.3 Å². The first kappa shape index (κ1) is 9.92. The smallest absolute Gasteiger partial charge is 0.251 e. The van der Waals surface area contributed by atoms with Crippen LogP contribution in [0.1, 0.15) is 31.3 Å². The van der Waals surface area contributed by atoms with E-state index in [2.05, 4.69) is 15.3 Å². The molecule has 0 amide bonds. The van der Waals surface area contributed by atoms with Crippen molar-refractivity contribution in [2.24, 2.45) is 0 Å². The number of aromatic nitrogens is 2. The minimum absolute atomic E-state index is 0.0797. The normalized spacial score (nSPS) is 10.8. The van der Waals surface area contributed by atoms with Crippen LogP contribution in [0.2, 0.25) is 0 Å². The molecule has 1 heterocycles. The second kappa shape index (κ2) is 4.18. The second-order valence-electron chi connectivity index (χ2n) is 3.30. The highest BCUT2D eigenvalue weighted by Crippen LogP contribution is 2.07. The Kier molecular flexibility index (Phi) is 3.19. The summed E-state index contributed by atoms with van der Waals surface area (Å²) in [5.41, 5.74) is 0.762. The molecule has 0 saturated heterocycles. The van der Waals surface area contributed by atoms with Crippen LogP contribution in [0.15, 0.2) is 10.9 Å². The third-order valence-corrected chi connectivity index (χ3v) is 1.75. The zero-order valence-electron chi connectivity index (χ0n) is 8.22. The first-order valence-electron chi connectivity index (χ1n) is 4.38. The molecule has 0 aliphatic carbocycles. The molecule has 0 saturated carbocycles. The molecular formula is C9H15N3O. The van der Waals surface area contributed by atoms with Gasteiger partial charge >= 0.3 is 0 Å². The van der Waals surface area contributed by atoms with Crippen LogP contribution in [0, 0.1) is 0 Å².